The van der Waals surface area contributed by atoms with Crippen LogP contribution in [0.1, 0.15) is 11.8 Å². The van der Waals surface area contributed by atoms with E-state index in [9.17, 15) is 0 Å². The number of halogens is 1. The summed E-state index contributed by atoms with van der Waals surface area (Å²) in [7, 11) is 2.17. The molecule has 0 aliphatic carbocycles. The Bertz CT molecular complexity index is 549. The van der Waals surface area contributed by atoms with Gasteiger partial charge in [0.25, 0.3) is 0 Å². The van der Waals surface area contributed by atoms with Crippen LogP contribution in [0.15, 0.2) is 12.4 Å². The summed E-state index contributed by atoms with van der Waals surface area (Å²) in [4.78, 5) is 16.2. The number of piperazine rings is 1. The van der Waals surface area contributed by atoms with Crippen LogP contribution in [0.4, 0.5) is 5.82 Å². The molecule has 1 aliphatic heterocycles. The van der Waals surface area contributed by atoms with Crippen molar-refractivity contribution in [2.75, 3.05) is 38.1 Å². The summed E-state index contributed by atoms with van der Waals surface area (Å²) < 4.78 is 0. The Hall–Kier alpha value is -0.910. The van der Waals surface area contributed by atoms with Gasteiger partial charge in [0.15, 0.2) is 0 Å². The van der Waals surface area contributed by atoms with Crippen LogP contribution in [0.3, 0.4) is 0 Å². The number of likely N-dealkylation sites (N-methyl/N-ethyl adjacent to an activating group) is 1. The molecule has 0 unspecified atom stereocenters. The Balaban J connectivity index is 0.00000133. The molecule has 1 saturated heterocycles. The van der Waals surface area contributed by atoms with Crippen molar-refractivity contribution >= 4 is 27.4 Å². The fraction of sp³-hybridized carbons (Fsp3) is 0.538. The van der Waals surface area contributed by atoms with Crippen molar-refractivity contribution in [1.82, 2.24) is 14.9 Å². The fourth-order valence-corrected chi connectivity index (χ4v) is 3.27. The number of aryl methyl sites for hydroxylation is 1. The van der Waals surface area contributed by atoms with E-state index < -0.39 is 0 Å². The molecule has 3 rings (SSSR count). The molecule has 0 aromatic carbocycles. The van der Waals surface area contributed by atoms with Gasteiger partial charge in [-0.05, 0) is 19.5 Å². The highest BCUT2D eigenvalue weighted by molar-refractivity contribution is 7.18. The minimum atomic E-state index is 0. The van der Waals surface area contributed by atoms with Crippen LogP contribution in [0.2, 0.25) is 0 Å². The lowest BCUT2D eigenvalue weighted by Gasteiger charge is -2.33. The van der Waals surface area contributed by atoms with Crippen molar-refractivity contribution in [1.29, 1.82) is 0 Å². The van der Waals surface area contributed by atoms with Crippen molar-refractivity contribution in [2.45, 2.75) is 13.3 Å². The van der Waals surface area contributed by atoms with Gasteiger partial charge in [0.05, 0.1) is 5.39 Å². The summed E-state index contributed by atoms with van der Waals surface area (Å²) in [5.74, 6) is 1.11. The molecule has 2 aromatic heterocycles. The van der Waals surface area contributed by atoms with Crippen LogP contribution in [0.25, 0.3) is 10.2 Å². The van der Waals surface area contributed by atoms with Crippen molar-refractivity contribution in [2.24, 2.45) is 0 Å². The molecule has 0 bridgehead atoms. The Morgan fingerprint density at radius 3 is 2.63 bits per heavy atom. The average Bonchev–Trinajstić information content (AvgIpc) is 2.82. The molecule has 6 heteroatoms. The summed E-state index contributed by atoms with van der Waals surface area (Å²) in [6.07, 6.45) is 2.77. The second-order valence-corrected chi connectivity index (χ2v) is 5.89. The Morgan fingerprint density at radius 2 is 1.95 bits per heavy atom. The maximum absolute atomic E-state index is 4.51. The zero-order valence-corrected chi connectivity index (χ0v) is 12.8. The molecular weight excluding hydrogens is 280 g/mol. The number of hydrogen-bond acceptors (Lipinski definition) is 5. The van der Waals surface area contributed by atoms with E-state index in [0.717, 1.165) is 43.2 Å². The smallest absolute Gasteiger partial charge is 0.140 e. The standard InChI is InChI=1S/C13H18N4S.ClH/c1-3-10-8-11-12(14-9-15-13(11)18-10)17-6-4-16(2)5-7-17;/h8-9H,3-7H2,1-2H3;1H/p-1. The van der Waals surface area contributed by atoms with Gasteiger partial charge in [-0.1, -0.05) is 6.92 Å². The first kappa shape index (κ1) is 14.5. The fourth-order valence-electron chi connectivity index (χ4n) is 2.34. The van der Waals surface area contributed by atoms with Gasteiger partial charge in [-0.25, -0.2) is 9.97 Å². The van der Waals surface area contributed by atoms with E-state index >= 15 is 0 Å². The molecule has 1 fully saturated rings. The van der Waals surface area contributed by atoms with Crippen LogP contribution in [-0.4, -0.2) is 48.1 Å². The summed E-state index contributed by atoms with van der Waals surface area (Å²) in [5, 5.41) is 1.23. The number of anilines is 1. The number of hydrogen-bond donors (Lipinski definition) is 0. The molecule has 3 heterocycles. The van der Waals surface area contributed by atoms with Crippen LogP contribution in [0.5, 0.6) is 0 Å². The highest BCUT2D eigenvalue weighted by Crippen LogP contribution is 2.30. The van der Waals surface area contributed by atoms with Crippen LogP contribution in [0, 0.1) is 0 Å². The Kier molecular flexibility index (Phi) is 4.60. The summed E-state index contributed by atoms with van der Waals surface area (Å²) in [6.45, 7) is 6.51. The minimum Gasteiger partial charge on any atom is -1.00 e. The summed E-state index contributed by atoms with van der Waals surface area (Å²) in [5.41, 5.74) is 0. The van der Waals surface area contributed by atoms with E-state index in [-0.39, 0.29) is 12.4 Å². The van der Waals surface area contributed by atoms with Gasteiger partial charge in [-0.15, -0.1) is 11.3 Å². The number of thiophene rings is 1. The zero-order chi connectivity index (χ0) is 12.5. The maximum atomic E-state index is 4.51. The first-order chi connectivity index (χ1) is 8.78. The lowest BCUT2D eigenvalue weighted by atomic mass is 10.2. The highest BCUT2D eigenvalue weighted by Gasteiger charge is 2.18. The normalized spacial score (nSPS) is 16.6. The number of aromatic nitrogens is 2. The van der Waals surface area contributed by atoms with Gasteiger partial charge < -0.3 is 22.2 Å². The molecular formula is C13H18ClN4S-. The molecule has 0 amide bonds. The van der Waals surface area contributed by atoms with Crippen molar-refractivity contribution < 1.29 is 12.4 Å². The molecule has 104 valence electrons. The van der Waals surface area contributed by atoms with Crippen LogP contribution < -0.4 is 17.3 Å². The molecule has 0 atom stereocenters. The second-order valence-electron chi connectivity index (χ2n) is 4.77. The first-order valence-corrected chi connectivity index (χ1v) is 7.26. The van der Waals surface area contributed by atoms with Gasteiger partial charge in [0, 0.05) is 31.1 Å². The van der Waals surface area contributed by atoms with E-state index in [4.69, 9.17) is 0 Å². The molecule has 1 aliphatic rings. The van der Waals surface area contributed by atoms with Crippen molar-refractivity contribution in [3.63, 3.8) is 0 Å². The molecule has 0 radical (unpaired) electrons. The van der Waals surface area contributed by atoms with Crippen molar-refractivity contribution in [3.8, 4) is 0 Å². The monoisotopic (exact) mass is 297 g/mol. The van der Waals surface area contributed by atoms with Gasteiger partial charge in [0.1, 0.15) is 17.0 Å². The first-order valence-electron chi connectivity index (χ1n) is 6.45. The van der Waals surface area contributed by atoms with E-state index in [1.165, 1.54) is 10.3 Å². The number of fused-ring (bicyclic) bond motifs is 1. The third-order valence-electron chi connectivity index (χ3n) is 3.51. The number of rotatable bonds is 2. The lowest BCUT2D eigenvalue weighted by Crippen LogP contribution is -3.00. The molecule has 0 spiro atoms. The quantitative estimate of drug-likeness (QED) is 0.713. The maximum Gasteiger partial charge on any atom is 0.140 e. The van der Waals surface area contributed by atoms with Gasteiger partial charge in [0.2, 0.25) is 0 Å². The highest BCUT2D eigenvalue weighted by atomic mass is 35.5. The molecule has 2 aromatic rings. The third-order valence-corrected chi connectivity index (χ3v) is 4.70. The van der Waals surface area contributed by atoms with E-state index in [1.807, 2.05) is 0 Å². The minimum absolute atomic E-state index is 0. The Morgan fingerprint density at radius 1 is 1.21 bits per heavy atom. The van der Waals surface area contributed by atoms with Gasteiger partial charge >= 0.3 is 0 Å². The van der Waals surface area contributed by atoms with Crippen LogP contribution >= 0.6 is 11.3 Å². The largest absolute Gasteiger partial charge is 1.00 e. The SMILES string of the molecule is CCc1cc2c(N3CCN(C)CC3)ncnc2s1.[Cl-]. The summed E-state index contributed by atoms with van der Waals surface area (Å²) >= 11 is 1.79. The van der Waals surface area contributed by atoms with Gasteiger partial charge in [-0.2, -0.15) is 0 Å². The molecule has 0 N–H and O–H groups in total. The predicted molar refractivity (Wildman–Crippen MR) is 76.5 cm³/mol. The van der Waals surface area contributed by atoms with E-state index in [1.54, 1.807) is 17.7 Å². The molecule has 19 heavy (non-hydrogen) atoms. The van der Waals surface area contributed by atoms with E-state index in [0.29, 0.717) is 0 Å². The van der Waals surface area contributed by atoms with Crippen molar-refractivity contribution in [3.05, 3.63) is 17.3 Å². The van der Waals surface area contributed by atoms with Crippen LogP contribution in [-0.2, 0) is 6.42 Å². The third kappa shape index (κ3) is 2.83. The topological polar surface area (TPSA) is 32.3 Å². The molecule has 4 nitrogen and oxygen atoms in total. The average molecular weight is 298 g/mol. The number of nitrogens with zero attached hydrogens (tertiary/aromatic N) is 4. The molecule has 0 saturated carbocycles. The van der Waals surface area contributed by atoms with Gasteiger partial charge in [-0.3, -0.25) is 0 Å². The summed E-state index contributed by atoms with van der Waals surface area (Å²) in [6, 6.07) is 2.26. The Labute approximate surface area is 123 Å². The lowest BCUT2D eigenvalue weighted by molar-refractivity contribution is -0.00000374. The second kappa shape index (κ2) is 6.03. The van der Waals surface area contributed by atoms with E-state index in [2.05, 4.69) is 39.8 Å². The zero-order valence-electron chi connectivity index (χ0n) is 11.3. The predicted octanol–water partition coefficient (Wildman–Crippen LogP) is -0.990.